The Morgan fingerprint density at radius 1 is 1.04 bits per heavy atom. The van der Waals surface area contributed by atoms with Crippen LogP contribution in [-0.4, -0.2) is 40.0 Å². The lowest BCUT2D eigenvalue weighted by molar-refractivity contribution is 0.286. The predicted octanol–water partition coefficient (Wildman–Crippen LogP) is 3.01. The Kier molecular flexibility index (Phi) is 5.85. The molecule has 0 spiro atoms. The van der Waals surface area contributed by atoms with Crippen LogP contribution in [0.25, 0.3) is 0 Å². The van der Waals surface area contributed by atoms with Crippen LogP contribution in [-0.2, 0) is 10.0 Å². The molecule has 0 unspecified atom stereocenters. The third kappa shape index (κ3) is 4.27. The monoisotopic (exact) mass is 349 g/mol. The van der Waals surface area contributed by atoms with E-state index < -0.39 is 10.0 Å². The summed E-state index contributed by atoms with van der Waals surface area (Å²) in [5.74, 6) is 1.08. The molecule has 0 saturated carbocycles. The second-order valence-electron chi connectivity index (χ2n) is 5.65. The number of ether oxygens (including phenoxy) is 2. The fourth-order valence-electron chi connectivity index (χ4n) is 2.43. The molecule has 2 aromatic rings. The lowest BCUT2D eigenvalue weighted by Gasteiger charge is -2.19. The fraction of sp³-hybridized carbons (Fsp3) is 0.333. The Morgan fingerprint density at radius 3 is 2.29 bits per heavy atom. The summed E-state index contributed by atoms with van der Waals surface area (Å²) in [4.78, 5) is 0.154. The van der Waals surface area contributed by atoms with E-state index in [1.165, 1.54) is 24.5 Å². The minimum atomic E-state index is -3.62. The van der Waals surface area contributed by atoms with Crippen LogP contribution in [0, 0.1) is 13.8 Å². The topological polar surface area (TPSA) is 55.8 Å². The van der Waals surface area contributed by atoms with Gasteiger partial charge in [-0.2, -0.15) is 4.31 Å². The van der Waals surface area contributed by atoms with Gasteiger partial charge < -0.3 is 9.47 Å². The van der Waals surface area contributed by atoms with Gasteiger partial charge in [-0.05, 0) is 49.2 Å². The van der Waals surface area contributed by atoms with Gasteiger partial charge >= 0.3 is 0 Å². The molecular weight excluding hydrogens is 326 g/mol. The number of nitrogens with zero attached hydrogens (tertiary/aromatic N) is 1. The maximum absolute atomic E-state index is 12.7. The van der Waals surface area contributed by atoms with Crippen LogP contribution in [0.1, 0.15) is 11.1 Å². The molecular formula is C18H23NO4S. The van der Waals surface area contributed by atoms with Gasteiger partial charge in [-0.3, -0.25) is 0 Å². The molecule has 0 aliphatic heterocycles. The van der Waals surface area contributed by atoms with Crippen LogP contribution in [0.3, 0.4) is 0 Å². The molecule has 0 amide bonds. The summed E-state index contributed by atoms with van der Waals surface area (Å²) < 4.78 is 37.4. The molecule has 5 nitrogen and oxygen atoms in total. The van der Waals surface area contributed by atoms with Gasteiger partial charge in [-0.25, -0.2) is 8.42 Å². The highest BCUT2D eigenvalue weighted by atomic mass is 32.2. The van der Waals surface area contributed by atoms with Crippen molar-refractivity contribution in [1.82, 2.24) is 4.31 Å². The van der Waals surface area contributed by atoms with Gasteiger partial charge in [0, 0.05) is 13.6 Å². The van der Waals surface area contributed by atoms with E-state index >= 15 is 0 Å². The van der Waals surface area contributed by atoms with Crippen molar-refractivity contribution in [3.63, 3.8) is 0 Å². The number of para-hydroxylation sites is 1. The first-order valence-corrected chi connectivity index (χ1v) is 9.09. The van der Waals surface area contributed by atoms with Crippen LogP contribution in [0.4, 0.5) is 0 Å². The second kappa shape index (κ2) is 7.68. The molecule has 0 aromatic heterocycles. The Balaban J connectivity index is 2.04. The van der Waals surface area contributed by atoms with Crippen LogP contribution in [0.15, 0.2) is 47.4 Å². The average molecular weight is 349 g/mol. The minimum absolute atomic E-state index is 0.154. The normalized spacial score (nSPS) is 11.5. The first-order chi connectivity index (χ1) is 11.3. The maximum atomic E-state index is 12.7. The first-order valence-electron chi connectivity index (χ1n) is 7.65. The van der Waals surface area contributed by atoms with E-state index in [-0.39, 0.29) is 18.0 Å². The molecule has 130 valence electrons. The number of aryl methyl sites for hydroxylation is 2. The molecule has 0 fully saturated rings. The van der Waals surface area contributed by atoms with Crippen molar-refractivity contribution in [2.45, 2.75) is 18.7 Å². The quantitative estimate of drug-likeness (QED) is 0.771. The van der Waals surface area contributed by atoms with E-state index in [1.54, 1.807) is 18.2 Å². The van der Waals surface area contributed by atoms with Crippen LogP contribution >= 0.6 is 0 Å². The van der Waals surface area contributed by atoms with Gasteiger partial charge in [0.25, 0.3) is 0 Å². The van der Waals surface area contributed by atoms with Crippen molar-refractivity contribution in [2.75, 3.05) is 27.3 Å². The molecule has 6 heteroatoms. The minimum Gasteiger partial charge on any atom is -0.495 e. The molecule has 0 aliphatic carbocycles. The molecule has 24 heavy (non-hydrogen) atoms. The number of hydrogen-bond donors (Lipinski definition) is 0. The zero-order chi connectivity index (χ0) is 17.7. The van der Waals surface area contributed by atoms with Crippen molar-refractivity contribution < 1.29 is 17.9 Å². The van der Waals surface area contributed by atoms with Crippen molar-refractivity contribution >= 4 is 10.0 Å². The smallest absolute Gasteiger partial charge is 0.246 e. The summed E-state index contributed by atoms with van der Waals surface area (Å²) in [6.07, 6.45) is 0. The van der Waals surface area contributed by atoms with E-state index in [1.807, 2.05) is 26.0 Å². The molecule has 0 N–H and O–H groups in total. The Labute approximate surface area is 143 Å². The van der Waals surface area contributed by atoms with E-state index in [0.717, 1.165) is 16.9 Å². The van der Waals surface area contributed by atoms with Crippen molar-refractivity contribution in [2.24, 2.45) is 0 Å². The highest BCUT2D eigenvalue weighted by Gasteiger charge is 2.24. The highest BCUT2D eigenvalue weighted by Crippen LogP contribution is 2.25. The number of hydrogen-bond acceptors (Lipinski definition) is 4. The number of rotatable bonds is 7. The van der Waals surface area contributed by atoms with Crippen LogP contribution < -0.4 is 9.47 Å². The Hall–Kier alpha value is -2.05. The third-order valence-electron chi connectivity index (χ3n) is 3.63. The summed E-state index contributed by atoms with van der Waals surface area (Å²) in [5.41, 5.74) is 2.22. The summed E-state index contributed by atoms with van der Waals surface area (Å²) in [7, 11) is -0.634. The second-order valence-corrected chi connectivity index (χ2v) is 7.66. The Morgan fingerprint density at radius 2 is 1.67 bits per heavy atom. The van der Waals surface area contributed by atoms with E-state index in [4.69, 9.17) is 9.47 Å². The average Bonchev–Trinajstić information content (AvgIpc) is 2.53. The van der Waals surface area contributed by atoms with Crippen molar-refractivity contribution in [3.05, 3.63) is 53.6 Å². The summed E-state index contributed by atoms with van der Waals surface area (Å²) in [5, 5.41) is 0. The van der Waals surface area contributed by atoms with Gasteiger partial charge in [0.1, 0.15) is 23.0 Å². The first kappa shape index (κ1) is 18.3. The van der Waals surface area contributed by atoms with Gasteiger partial charge in [-0.1, -0.05) is 18.2 Å². The van der Waals surface area contributed by atoms with Gasteiger partial charge in [0.15, 0.2) is 0 Å². The van der Waals surface area contributed by atoms with Gasteiger partial charge in [-0.15, -0.1) is 0 Å². The highest BCUT2D eigenvalue weighted by molar-refractivity contribution is 7.89. The van der Waals surface area contributed by atoms with E-state index in [0.29, 0.717) is 5.75 Å². The molecule has 2 rings (SSSR count). The van der Waals surface area contributed by atoms with Crippen LogP contribution in [0.2, 0.25) is 0 Å². The fourth-order valence-corrected chi connectivity index (χ4v) is 3.74. The standard InChI is InChI=1S/C18H23NO4S/c1-14-11-15(2)13-16(12-14)23-10-9-19(3)24(20,21)18-8-6-5-7-17(18)22-4/h5-8,11-13H,9-10H2,1-4H3. The van der Waals surface area contributed by atoms with Gasteiger partial charge in [0.05, 0.1) is 7.11 Å². The number of methoxy groups -OCH3 is 1. The van der Waals surface area contributed by atoms with E-state index in [2.05, 4.69) is 6.07 Å². The number of sulfonamides is 1. The number of benzene rings is 2. The molecule has 0 bridgehead atoms. The molecule has 0 aliphatic rings. The van der Waals surface area contributed by atoms with Crippen molar-refractivity contribution in [1.29, 1.82) is 0 Å². The van der Waals surface area contributed by atoms with E-state index in [9.17, 15) is 8.42 Å². The number of likely N-dealkylation sites (N-methyl/N-ethyl adjacent to an activating group) is 1. The summed E-state index contributed by atoms with van der Waals surface area (Å²) in [6, 6.07) is 12.5. The maximum Gasteiger partial charge on any atom is 0.246 e. The lowest BCUT2D eigenvalue weighted by atomic mass is 10.1. The summed E-state index contributed by atoms with van der Waals surface area (Å²) in [6.45, 7) is 4.51. The van der Waals surface area contributed by atoms with Gasteiger partial charge in [0.2, 0.25) is 10.0 Å². The van der Waals surface area contributed by atoms with Crippen molar-refractivity contribution in [3.8, 4) is 11.5 Å². The molecule has 0 heterocycles. The zero-order valence-corrected chi connectivity index (χ0v) is 15.3. The Bertz CT molecular complexity index is 782. The molecule has 2 aromatic carbocycles. The lowest BCUT2D eigenvalue weighted by Crippen LogP contribution is -2.31. The molecule has 0 atom stereocenters. The third-order valence-corrected chi connectivity index (χ3v) is 5.52. The van der Waals surface area contributed by atoms with Crippen LogP contribution in [0.5, 0.6) is 11.5 Å². The SMILES string of the molecule is COc1ccccc1S(=O)(=O)N(C)CCOc1cc(C)cc(C)c1. The summed E-state index contributed by atoms with van der Waals surface area (Å²) >= 11 is 0. The predicted molar refractivity (Wildman–Crippen MR) is 94.2 cm³/mol. The zero-order valence-electron chi connectivity index (χ0n) is 14.4. The molecule has 0 saturated heterocycles. The molecule has 0 radical (unpaired) electrons. The largest absolute Gasteiger partial charge is 0.495 e.